The Morgan fingerprint density at radius 1 is 1.24 bits per heavy atom. The highest BCUT2D eigenvalue weighted by Crippen LogP contribution is 2.34. The number of halogens is 4. The number of carbonyl (C=O) groups is 2. The number of aromatic nitrogens is 1. The summed E-state index contributed by atoms with van der Waals surface area (Å²) in [5, 5.41) is 2.47. The molecule has 0 radical (unpaired) electrons. The monoisotopic (exact) mass is 371 g/mol. The molecular weight excluding hydrogens is 359 g/mol. The molecule has 0 aliphatic carbocycles. The molecule has 0 saturated heterocycles. The fraction of sp³-hybridized carbons (Fsp3) is 0.188. The Balaban J connectivity index is 2.07. The van der Waals surface area contributed by atoms with E-state index < -0.39 is 30.1 Å². The molecule has 0 unspecified atom stereocenters. The maximum atomic E-state index is 12.9. The second-order valence-electron chi connectivity index (χ2n) is 5.11. The highest BCUT2D eigenvalue weighted by atomic mass is 35.5. The van der Waals surface area contributed by atoms with Crippen molar-refractivity contribution in [3.63, 3.8) is 0 Å². The van der Waals surface area contributed by atoms with E-state index in [1.54, 1.807) is 0 Å². The van der Waals surface area contributed by atoms with Gasteiger partial charge < -0.3 is 10.2 Å². The smallest absolute Gasteiger partial charge is 0.331 e. The summed E-state index contributed by atoms with van der Waals surface area (Å²) in [4.78, 5) is 29.0. The van der Waals surface area contributed by atoms with Crippen LogP contribution < -0.4 is 5.32 Å². The molecule has 0 atom stereocenters. The molecule has 0 fully saturated rings. The molecule has 25 heavy (non-hydrogen) atoms. The zero-order valence-corrected chi connectivity index (χ0v) is 13.7. The van der Waals surface area contributed by atoms with Gasteiger partial charge in [-0.2, -0.15) is 13.2 Å². The Morgan fingerprint density at radius 3 is 2.56 bits per heavy atom. The average molecular weight is 372 g/mol. The van der Waals surface area contributed by atoms with E-state index in [9.17, 15) is 22.8 Å². The lowest BCUT2D eigenvalue weighted by Gasteiger charge is -2.18. The number of benzene rings is 1. The molecule has 1 N–H and O–H groups in total. The van der Waals surface area contributed by atoms with E-state index in [1.165, 1.54) is 37.5 Å². The van der Waals surface area contributed by atoms with Crippen molar-refractivity contribution in [1.82, 2.24) is 9.88 Å². The summed E-state index contributed by atoms with van der Waals surface area (Å²) in [6, 6.07) is 7.41. The standard InChI is InChI=1S/C16H13ClF3N3O2/c1-23(15(25)13-8-10(17)6-7-21-13)9-14(24)22-12-5-3-2-4-11(12)16(18,19)20/h2-8H,9H2,1H3,(H,22,24). The fourth-order valence-electron chi connectivity index (χ4n) is 2.03. The van der Waals surface area contributed by atoms with E-state index in [-0.39, 0.29) is 11.4 Å². The first kappa shape index (κ1) is 18.7. The average Bonchev–Trinajstić information content (AvgIpc) is 2.53. The van der Waals surface area contributed by atoms with Crippen molar-refractivity contribution in [3.8, 4) is 0 Å². The Bertz CT molecular complexity index is 796. The number of nitrogens with zero attached hydrogens (tertiary/aromatic N) is 2. The second-order valence-corrected chi connectivity index (χ2v) is 5.55. The highest BCUT2D eigenvalue weighted by Gasteiger charge is 2.33. The lowest BCUT2D eigenvalue weighted by atomic mass is 10.1. The Morgan fingerprint density at radius 2 is 1.92 bits per heavy atom. The molecule has 0 aliphatic heterocycles. The minimum Gasteiger partial charge on any atom is -0.331 e. The third-order valence-electron chi connectivity index (χ3n) is 3.18. The molecular formula is C16H13ClF3N3O2. The van der Waals surface area contributed by atoms with Gasteiger partial charge in [0.2, 0.25) is 5.91 Å². The molecule has 2 aromatic rings. The largest absolute Gasteiger partial charge is 0.418 e. The minimum absolute atomic E-state index is 0.0264. The molecule has 2 amide bonds. The van der Waals surface area contributed by atoms with Crippen LogP contribution in [0.1, 0.15) is 16.1 Å². The first-order chi connectivity index (χ1) is 11.7. The van der Waals surface area contributed by atoms with Crippen molar-refractivity contribution in [2.24, 2.45) is 0 Å². The van der Waals surface area contributed by atoms with Gasteiger partial charge in [0.1, 0.15) is 5.69 Å². The number of amides is 2. The molecule has 1 heterocycles. The molecule has 2 rings (SSSR count). The zero-order chi connectivity index (χ0) is 18.6. The van der Waals surface area contributed by atoms with Crippen molar-refractivity contribution in [3.05, 3.63) is 58.9 Å². The molecule has 0 saturated carbocycles. The van der Waals surface area contributed by atoms with Crippen LogP contribution in [0.25, 0.3) is 0 Å². The molecule has 0 spiro atoms. The number of nitrogens with one attached hydrogen (secondary N) is 1. The Kier molecular flexibility index (Phi) is 5.63. The van der Waals surface area contributed by atoms with E-state index in [1.807, 2.05) is 0 Å². The van der Waals surface area contributed by atoms with E-state index >= 15 is 0 Å². The number of rotatable bonds is 4. The first-order valence-electron chi connectivity index (χ1n) is 7.01. The lowest BCUT2D eigenvalue weighted by Crippen LogP contribution is -2.35. The van der Waals surface area contributed by atoms with Gasteiger partial charge in [0.25, 0.3) is 5.91 Å². The maximum absolute atomic E-state index is 12.9. The van der Waals surface area contributed by atoms with E-state index in [2.05, 4.69) is 10.3 Å². The number of hydrogen-bond acceptors (Lipinski definition) is 3. The van der Waals surface area contributed by atoms with Gasteiger partial charge in [-0.05, 0) is 24.3 Å². The third kappa shape index (κ3) is 4.93. The van der Waals surface area contributed by atoms with Crippen LogP contribution in [0.15, 0.2) is 42.6 Å². The number of pyridine rings is 1. The topological polar surface area (TPSA) is 62.3 Å². The summed E-state index contributed by atoms with van der Waals surface area (Å²) in [6.07, 6.45) is -3.26. The van der Waals surface area contributed by atoms with Crippen LogP contribution in [0.2, 0.25) is 5.02 Å². The minimum atomic E-state index is -4.60. The van der Waals surface area contributed by atoms with Gasteiger partial charge in [-0.25, -0.2) is 0 Å². The predicted octanol–water partition coefficient (Wildman–Crippen LogP) is 3.46. The van der Waals surface area contributed by atoms with Crippen LogP contribution in [0.5, 0.6) is 0 Å². The SMILES string of the molecule is CN(CC(=O)Nc1ccccc1C(F)(F)F)C(=O)c1cc(Cl)ccn1. The number of hydrogen-bond donors (Lipinski definition) is 1. The fourth-order valence-corrected chi connectivity index (χ4v) is 2.19. The molecule has 0 aliphatic rings. The highest BCUT2D eigenvalue weighted by molar-refractivity contribution is 6.30. The van der Waals surface area contributed by atoms with Gasteiger partial charge in [0.05, 0.1) is 17.8 Å². The number of anilines is 1. The van der Waals surface area contributed by atoms with E-state index in [4.69, 9.17) is 11.6 Å². The molecule has 5 nitrogen and oxygen atoms in total. The molecule has 0 bridgehead atoms. The zero-order valence-electron chi connectivity index (χ0n) is 13.0. The Labute approximate surface area is 146 Å². The predicted molar refractivity (Wildman–Crippen MR) is 86.3 cm³/mol. The molecule has 1 aromatic heterocycles. The number of para-hydroxylation sites is 1. The normalized spacial score (nSPS) is 11.1. The van der Waals surface area contributed by atoms with Crippen molar-refractivity contribution in [2.45, 2.75) is 6.18 Å². The number of likely N-dealkylation sites (N-methyl/N-ethyl adjacent to an activating group) is 1. The maximum Gasteiger partial charge on any atom is 0.418 e. The van der Waals surface area contributed by atoms with E-state index in [0.717, 1.165) is 17.0 Å². The van der Waals surface area contributed by atoms with Gasteiger partial charge in [-0.1, -0.05) is 23.7 Å². The second kappa shape index (κ2) is 7.52. The van der Waals surface area contributed by atoms with Gasteiger partial charge in [-0.15, -0.1) is 0 Å². The van der Waals surface area contributed by atoms with Crippen molar-refractivity contribution >= 4 is 29.1 Å². The first-order valence-corrected chi connectivity index (χ1v) is 7.39. The van der Waals surface area contributed by atoms with Gasteiger partial charge in [-0.3, -0.25) is 14.6 Å². The Hall–Kier alpha value is -2.61. The van der Waals surface area contributed by atoms with Crippen LogP contribution in [0.3, 0.4) is 0 Å². The quantitative estimate of drug-likeness (QED) is 0.895. The summed E-state index contributed by atoms with van der Waals surface area (Å²) in [6.45, 7) is -0.445. The van der Waals surface area contributed by atoms with Crippen LogP contribution in [0.4, 0.5) is 18.9 Å². The van der Waals surface area contributed by atoms with Gasteiger partial charge in [0, 0.05) is 18.3 Å². The van der Waals surface area contributed by atoms with Crippen molar-refractivity contribution in [2.75, 3.05) is 18.9 Å². The molecule has 132 valence electrons. The van der Waals surface area contributed by atoms with Crippen molar-refractivity contribution < 1.29 is 22.8 Å². The van der Waals surface area contributed by atoms with Crippen molar-refractivity contribution in [1.29, 1.82) is 0 Å². The summed E-state index contributed by atoms with van der Waals surface area (Å²) < 4.78 is 38.7. The third-order valence-corrected chi connectivity index (χ3v) is 3.41. The van der Waals surface area contributed by atoms with Crippen LogP contribution >= 0.6 is 11.6 Å². The van der Waals surface area contributed by atoms with Gasteiger partial charge >= 0.3 is 6.18 Å². The van der Waals surface area contributed by atoms with Crippen LogP contribution in [0, 0.1) is 0 Å². The van der Waals surface area contributed by atoms with Crippen LogP contribution in [-0.2, 0) is 11.0 Å². The summed E-state index contributed by atoms with van der Waals surface area (Å²) in [5.41, 5.74) is -1.31. The number of alkyl halides is 3. The lowest BCUT2D eigenvalue weighted by molar-refractivity contribution is -0.137. The summed E-state index contributed by atoms with van der Waals surface area (Å²) in [5.74, 6) is -1.35. The molecule has 9 heteroatoms. The molecule has 1 aromatic carbocycles. The van der Waals surface area contributed by atoms with E-state index in [0.29, 0.717) is 5.02 Å². The summed E-state index contributed by atoms with van der Waals surface area (Å²) in [7, 11) is 1.33. The van der Waals surface area contributed by atoms with Gasteiger partial charge in [0.15, 0.2) is 0 Å². The van der Waals surface area contributed by atoms with Crippen LogP contribution in [-0.4, -0.2) is 35.3 Å². The number of carbonyl (C=O) groups excluding carboxylic acids is 2. The summed E-state index contributed by atoms with van der Waals surface area (Å²) >= 11 is 5.77.